The van der Waals surface area contributed by atoms with Crippen molar-refractivity contribution in [1.82, 2.24) is 14.9 Å². The molecule has 0 bridgehead atoms. The Labute approximate surface area is 199 Å². The zero-order valence-corrected chi connectivity index (χ0v) is 18.4. The minimum Gasteiger partial charge on any atom is -0.466 e. The molecule has 0 saturated heterocycles. The van der Waals surface area contributed by atoms with Crippen molar-refractivity contribution >= 4 is 23.3 Å². The Kier molecular flexibility index (Phi) is 6.66. The number of aromatic nitrogens is 2. The van der Waals surface area contributed by atoms with Crippen LogP contribution in [0.15, 0.2) is 41.5 Å². The number of fused-ring (bicyclic) bond motifs is 1. The van der Waals surface area contributed by atoms with Gasteiger partial charge in [-0.2, -0.15) is 13.2 Å². The van der Waals surface area contributed by atoms with E-state index >= 15 is 0 Å². The number of rotatable bonds is 4. The summed E-state index contributed by atoms with van der Waals surface area (Å²) < 4.78 is 70.0. The number of carbonyl (C=O) groups excluding carboxylic acids is 1. The van der Waals surface area contributed by atoms with Gasteiger partial charge in [0.15, 0.2) is 12.4 Å². The lowest BCUT2D eigenvalue weighted by atomic mass is 10.0. The summed E-state index contributed by atoms with van der Waals surface area (Å²) in [5.41, 5.74) is 1.12. The molecule has 184 valence electrons. The number of amides is 2. The van der Waals surface area contributed by atoms with E-state index in [1.165, 1.54) is 17.2 Å². The molecule has 2 aromatic heterocycles. The monoisotopic (exact) mass is 514 g/mol. The van der Waals surface area contributed by atoms with Crippen LogP contribution in [-0.2, 0) is 13.0 Å². The van der Waals surface area contributed by atoms with E-state index in [9.17, 15) is 31.5 Å². The molecule has 7 nitrogen and oxygen atoms in total. The Morgan fingerprint density at radius 3 is 2.66 bits per heavy atom. The predicted octanol–water partition coefficient (Wildman–Crippen LogP) is 4.90. The number of benzene rings is 1. The zero-order chi connectivity index (χ0) is 25.3. The zero-order valence-electron chi connectivity index (χ0n) is 17.7. The molecule has 3 aromatic rings. The lowest BCUT2D eigenvalue weighted by Gasteiger charge is -2.28. The van der Waals surface area contributed by atoms with Gasteiger partial charge < -0.3 is 19.9 Å². The van der Waals surface area contributed by atoms with Crippen LogP contribution in [0.4, 0.5) is 32.4 Å². The summed E-state index contributed by atoms with van der Waals surface area (Å²) in [4.78, 5) is 31.6. The summed E-state index contributed by atoms with van der Waals surface area (Å²) >= 11 is 6.20. The Hall–Kier alpha value is -3.67. The molecule has 1 aliphatic heterocycles. The molecule has 0 radical (unpaired) electrons. The first kappa shape index (κ1) is 24.5. The number of carbonyl (C=O) groups is 1. The number of urea groups is 1. The van der Waals surface area contributed by atoms with Gasteiger partial charge >= 0.3 is 12.2 Å². The van der Waals surface area contributed by atoms with E-state index < -0.39 is 36.3 Å². The van der Waals surface area contributed by atoms with Crippen molar-refractivity contribution in [2.24, 2.45) is 0 Å². The fourth-order valence-corrected chi connectivity index (χ4v) is 3.80. The van der Waals surface area contributed by atoms with Gasteiger partial charge in [-0.3, -0.25) is 4.79 Å². The van der Waals surface area contributed by atoms with E-state index in [1.54, 1.807) is 0 Å². The van der Waals surface area contributed by atoms with E-state index in [-0.39, 0.29) is 33.9 Å². The Balaban J connectivity index is 1.49. The summed E-state index contributed by atoms with van der Waals surface area (Å²) in [5, 5.41) is 2.37. The van der Waals surface area contributed by atoms with E-state index in [4.69, 9.17) is 11.6 Å². The summed E-state index contributed by atoms with van der Waals surface area (Å²) in [6.07, 6.45) is -1.70. The molecule has 1 aromatic carbocycles. The summed E-state index contributed by atoms with van der Waals surface area (Å²) in [6, 6.07) is 3.76. The number of hydrogen-bond donors (Lipinski definition) is 2. The second-order valence-corrected chi connectivity index (χ2v) is 8.08. The average Bonchev–Trinajstić information content (AvgIpc) is 2.79. The van der Waals surface area contributed by atoms with Gasteiger partial charge in [0, 0.05) is 42.7 Å². The lowest BCUT2D eigenvalue weighted by molar-refractivity contribution is -0.154. The van der Waals surface area contributed by atoms with Crippen LogP contribution in [0.3, 0.4) is 0 Å². The van der Waals surface area contributed by atoms with Crippen LogP contribution in [0.2, 0.25) is 5.02 Å². The third-order valence-electron chi connectivity index (χ3n) is 5.20. The second kappa shape index (κ2) is 9.53. The maximum absolute atomic E-state index is 14.8. The molecule has 0 spiro atoms. The SMILES string of the molecule is O=C(Nc1cc(Cl)c(-c2cnc(OCC(F)(F)F)c(F)c2)cc1F)N1CCc2cc(=O)[nH]cc2C1. The van der Waals surface area contributed by atoms with Gasteiger partial charge in [0.05, 0.1) is 10.7 Å². The van der Waals surface area contributed by atoms with E-state index in [0.717, 1.165) is 35.5 Å². The first-order valence-corrected chi connectivity index (χ1v) is 10.5. The molecule has 0 saturated carbocycles. The Bertz CT molecular complexity index is 1350. The van der Waals surface area contributed by atoms with Crippen LogP contribution in [0, 0.1) is 11.6 Å². The molecule has 4 rings (SSSR count). The highest BCUT2D eigenvalue weighted by Crippen LogP contribution is 2.34. The molecule has 1 aliphatic rings. The molecule has 3 heterocycles. The number of pyridine rings is 2. The van der Waals surface area contributed by atoms with Gasteiger partial charge in [0.2, 0.25) is 5.56 Å². The highest BCUT2D eigenvalue weighted by Gasteiger charge is 2.29. The highest BCUT2D eigenvalue weighted by molar-refractivity contribution is 6.33. The van der Waals surface area contributed by atoms with E-state index in [0.29, 0.717) is 13.0 Å². The van der Waals surface area contributed by atoms with Crippen LogP contribution < -0.4 is 15.6 Å². The molecular weight excluding hydrogens is 499 g/mol. The fourth-order valence-electron chi connectivity index (χ4n) is 3.52. The van der Waals surface area contributed by atoms with Gasteiger partial charge in [-0.25, -0.2) is 18.6 Å². The van der Waals surface area contributed by atoms with Crippen molar-refractivity contribution in [3.63, 3.8) is 0 Å². The number of ether oxygens (including phenoxy) is 1. The van der Waals surface area contributed by atoms with Gasteiger partial charge in [0.25, 0.3) is 5.88 Å². The molecule has 2 amide bonds. The fraction of sp³-hybridized carbons (Fsp3) is 0.227. The van der Waals surface area contributed by atoms with Crippen molar-refractivity contribution in [1.29, 1.82) is 0 Å². The number of nitrogens with one attached hydrogen (secondary N) is 2. The number of anilines is 1. The minimum absolute atomic E-state index is 0.00629. The normalized spacial score (nSPS) is 13.4. The van der Waals surface area contributed by atoms with Crippen molar-refractivity contribution in [3.8, 4) is 17.0 Å². The average molecular weight is 515 g/mol. The first-order chi connectivity index (χ1) is 16.5. The van der Waals surface area contributed by atoms with Gasteiger partial charge in [-0.05, 0) is 35.7 Å². The topological polar surface area (TPSA) is 87.3 Å². The third-order valence-corrected chi connectivity index (χ3v) is 5.51. The minimum atomic E-state index is -4.67. The molecule has 0 aliphatic carbocycles. The highest BCUT2D eigenvalue weighted by atomic mass is 35.5. The lowest BCUT2D eigenvalue weighted by Crippen LogP contribution is -2.39. The summed E-state index contributed by atoms with van der Waals surface area (Å²) in [5.74, 6) is -2.93. The van der Waals surface area contributed by atoms with Crippen molar-refractivity contribution in [2.75, 3.05) is 18.5 Å². The largest absolute Gasteiger partial charge is 0.466 e. The number of halogens is 6. The van der Waals surface area contributed by atoms with Crippen LogP contribution in [0.1, 0.15) is 11.1 Å². The molecule has 13 heteroatoms. The van der Waals surface area contributed by atoms with Crippen LogP contribution >= 0.6 is 11.6 Å². The third kappa shape index (κ3) is 5.70. The van der Waals surface area contributed by atoms with Crippen LogP contribution in [0.25, 0.3) is 11.1 Å². The van der Waals surface area contributed by atoms with Gasteiger partial charge in [-0.15, -0.1) is 0 Å². The van der Waals surface area contributed by atoms with Crippen molar-refractivity contribution < 1.29 is 31.5 Å². The summed E-state index contributed by atoms with van der Waals surface area (Å²) in [6.45, 7) is -1.21. The Morgan fingerprint density at radius 2 is 1.94 bits per heavy atom. The standard InChI is InChI=1S/C22H16ClF5N4O3/c23-15-6-18(31-21(34)32-2-1-11-4-19(33)29-8-13(11)9-32)16(24)5-14(15)12-3-17(25)20(30-7-12)35-10-22(26,27)28/h3-8H,1-2,9-10H2,(H,29,33)(H,31,34). The number of alkyl halides is 3. The maximum Gasteiger partial charge on any atom is 0.422 e. The maximum atomic E-state index is 14.8. The van der Waals surface area contributed by atoms with Crippen molar-refractivity contribution in [3.05, 3.63) is 74.8 Å². The van der Waals surface area contributed by atoms with Crippen LogP contribution in [-0.4, -0.2) is 40.2 Å². The quantitative estimate of drug-likeness (QED) is 0.485. The van der Waals surface area contributed by atoms with Gasteiger partial charge in [-0.1, -0.05) is 11.6 Å². The number of H-pyrrole nitrogens is 1. The molecule has 2 N–H and O–H groups in total. The van der Waals surface area contributed by atoms with E-state index in [2.05, 4.69) is 20.0 Å². The molecule has 0 unspecified atom stereocenters. The first-order valence-electron chi connectivity index (χ1n) is 10.1. The predicted molar refractivity (Wildman–Crippen MR) is 116 cm³/mol. The van der Waals surface area contributed by atoms with Crippen molar-refractivity contribution in [2.45, 2.75) is 19.1 Å². The Morgan fingerprint density at radius 1 is 1.17 bits per heavy atom. The smallest absolute Gasteiger partial charge is 0.422 e. The van der Waals surface area contributed by atoms with Crippen LogP contribution in [0.5, 0.6) is 5.88 Å². The summed E-state index contributed by atoms with van der Waals surface area (Å²) in [7, 11) is 0. The molecular formula is C22H16ClF5N4O3. The second-order valence-electron chi connectivity index (χ2n) is 7.68. The van der Waals surface area contributed by atoms with E-state index in [1.807, 2.05) is 0 Å². The number of aromatic amines is 1. The molecule has 35 heavy (non-hydrogen) atoms. The number of hydrogen-bond acceptors (Lipinski definition) is 4. The van der Waals surface area contributed by atoms with Gasteiger partial charge in [0.1, 0.15) is 5.82 Å². The number of nitrogens with zero attached hydrogens (tertiary/aromatic N) is 2. The molecule has 0 atom stereocenters. The molecule has 0 fully saturated rings.